The summed E-state index contributed by atoms with van der Waals surface area (Å²) in [6, 6.07) is 1.18. The van der Waals surface area contributed by atoms with Gasteiger partial charge in [0.05, 0.1) is 10.7 Å². The number of hydrogen-bond acceptors (Lipinski definition) is 4. The van der Waals surface area contributed by atoms with E-state index in [2.05, 4.69) is 42.9 Å². The highest BCUT2D eigenvalue weighted by Crippen LogP contribution is 2.30. The molecular formula is C15H27N3S. The summed E-state index contributed by atoms with van der Waals surface area (Å²) in [4.78, 5) is 8.65. The normalized spacial score (nSPS) is 22.6. The Bertz CT molecular complexity index is 402. The van der Waals surface area contributed by atoms with Gasteiger partial charge in [-0.05, 0) is 53.1 Å². The summed E-state index contributed by atoms with van der Waals surface area (Å²) in [5, 5.41) is 4.87. The van der Waals surface area contributed by atoms with Crippen molar-refractivity contribution >= 4 is 11.3 Å². The number of hydrogen-bond donors (Lipinski definition) is 1. The second-order valence-electron chi connectivity index (χ2n) is 5.65. The van der Waals surface area contributed by atoms with Gasteiger partial charge >= 0.3 is 0 Å². The zero-order valence-corrected chi connectivity index (χ0v) is 13.5. The molecule has 0 saturated carbocycles. The monoisotopic (exact) mass is 281 g/mol. The van der Waals surface area contributed by atoms with Crippen molar-refractivity contribution in [3.8, 4) is 0 Å². The van der Waals surface area contributed by atoms with Gasteiger partial charge in [-0.1, -0.05) is 6.92 Å². The van der Waals surface area contributed by atoms with Crippen LogP contribution in [0, 0.1) is 13.8 Å². The van der Waals surface area contributed by atoms with Crippen LogP contribution >= 0.6 is 11.3 Å². The molecule has 19 heavy (non-hydrogen) atoms. The maximum absolute atomic E-state index is 4.57. The minimum Gasteiger partial charge on any atom is -0.313 e. The fourth-order valence-electron chi connectivity index (χ4n) is 2.97. The number of rotatable bonds is 5. The first-order valence-electron chi connectivity index (χ1n) is 7.53. The molecule has 1 aliphatic heterocycles. The number of aryl methyl sites for hydroxylation is 2. The molecule has 4 heteroatoms. The van der Waals surface area contributed by atoms with Crippen LogP contribution in [0.1, 0.15) is 54.7 Å². The highest BCUT2D eigenvalue weighted by molar-refractivity contribution is 7.11. The van der Waals surface area contributed by atoms with Crippen molar-refractivity contribution in [1.82, 2.24) is 15.2 Å². The Labute approximate surface area is 121 Å². The lowest BCUT2D eigenvalue weighted by atomic mass is 10.0. The Morgan fingerprint density at radius 2 is 2.26 bits per heavy atom. The van der Waals surface area contributed by atoms with Crippen LogP contribution in [-0.4, -0.2) is 35.6 Å². The standard InChI is InChI=1S/C15H27N3S/c1-5-8-16-14-7-6-9-18(10-14)12(3)15-11(2)17-13(4)19-15/h12,14,16H,5-10H2,1-4H3. The van der Waals surface area contributed by atoms with Crippen LogP contribution in [0.2, 0.25) is 0 Å². The molecule has 1 aromatic heterocycles. The summed E-state index contributed by atoms with van der Waals surface area (Å²) in [7, 11) is 0. The lowest BCUT2D eigenvalue weighted by Gasteiger charge is -2.37. The Kier molecular flexibility index (Phi) is 5.37. The van der Waals surface area contributed by atoms with E-state index in [9.17, 15) is 0 Å². The summed E-state index contributed by atoms with van der Waals surface area (Å²) in [6.07, 6.45) is 3.85. The maximum atomic E-state index is 4.57. The number of aromatic nitrogens is 1. The summed E-state index contributed by atoms with van der Waals surface area (Å²) < 4.78 is 0. The smallest absolute Gasteiger partial charge is 0.0900 e. The minimum atomic E-state index is 0.512. The van der Waals surface area contributed by atoms with Gasteiger partial charge in [-0.2, -0.15) is 0 Å². The molecule has 1 saturated heterocycles. The molecule has 0 radical (unpaired) electrons. The van der Waals surface area contributed by atoms with Crippen molar-refractivity contribution in [2.24, 2.45) is 0 Å². The van der Waals surface area contributed by atoms with E-state index >= 15 is 0 Å². The topological polar surface area (TPSA) is 28.2 Å². The van der Waals surface area contributed by atoms with E-state index in [1.54, 1.807) is 0 Å². The highest BCUT2D eigenvalue weighted by Gasteiger charge is 2.26. The summed E-state index contributed by atoms with van der Waals surface area (Å²) >= 11 is 1.86. The average Bonchev–Trinajstić information content (AvgIpc) is 2.75. The van der Waals surface area contributed by atoms with Gasteiger partial charge in [-0.15, -0.1) is 11.3 Å². The predicted octanol–water partition coefficient (Wildman–Crippen LogP) is 3.28. The van der Waals surface area contributed by atoms with E-state index in [0.717, 1.165) is 6.54 Å². The lowest BCUT2D eigenvalue weighted by molar-refractivity contribution is 0.147. The van der Waals surface area contributed by atoms with Crippen LogP contribution in [0.4, 0.5) is 0 Å². The number of piperidine rings is 1. The van der Waals surface area contributed by atoms with Crippen molar-refractivity contribution < 1.29 is 0 Å². The van der Waals surface area contributed by atoms with Gasteiger partial charge in [-0.3, -0.25) is 4.90 Å². The van der Waals surface area contributed by atoms with E-state index in [-0.39, 0.29) is 0 Å². The van der Waals surface area contributed by atoms with E-state index in [4.69, 9.17) is 0 Å². The number of nitrogens with one attached hydrogen (secondary N) is 1. The van der Waals surface area contributed by atoms with E-state index in [1.165, 1.54) is 47.9 Å². The molecule has 2 heterocycles. The molecule has 2 atom stereocenters. The third-order valence-corrected chi connectivity index (χ3v) is 5.25. The molecule has 2 rings (SSSR count). The zero-order chi connectivity index (χ0) is 13.8. The highest BCUT2D eigenvalue weighted by atomic mass is 32.1. The Morgan fingerprint density at radius 1 is 1.47 bits per heavy atom. The first-order valence-corrected chi connectivity index (χ1v) is 8.34. The summed E-state index contributed by atoms with van der Waals surface area (Å²) in [5.74, 6) is 0. The number of thiazole rings is 1. The van der Waals surface area contributed by atoms with E-state index in [1.807, 2.05) is 11.3 Å². The second kappa shape index (κ2) is 6.82. The largest absolute Gasteiger partial charge is 0.313 e. The SMILES string of the molecule is CCCNC1CCCN(C(C)c2sc(C)nc2C)C1. The predicted molar refractivity (Wildman–Crippen MR) is 82.9 cm³/mol. The molecule has 3 nitrogen and oxygen atoms in total. The number of likely N-dealkylation sites (tertiary alicyclic amines) is 1. The summed E-state index contributed by atoms with van der Waals surface area (Å²) in [6.45, 7) is 12.4. The van der Waals surface area contributed by atoms with E-state index in [0.29, 0.717) is 12.1 Å². The molecule has 1 fully saturated rings. The van der Waals surface area contributed by atoms with Gasteiger partial charge in [0.25, 0.3) is 0 Å². The Hall–Kier alpha value is -0.450. The first kappa shape index (κ1) is 14.9. The van der Waals surface area contributed by atoms with Crippen LogP contribution in [0.3, 0.4) is 0 Å². The van der Waals surface area contributed by atoms with Gasteiger partial charge in [0.15, 0.2) is 0 Å². The van der Waals surface area contributed by atoms with Crippen LogP contribution in [0.25, 0.3) is 0 Å². The fraction of sp³-hybridized carbons (Fsp3) is 0.800. The molecule has 0 aliphatic carbocycles. The van der Waals surface area contributed by atoms with Crippen LogP contribution in [-0.2, 0) is 0 Å². The van der Waals surface area contributed by atoms with Crippen LogP contribution in [0.5, 0.6) is 0 Å². The third kappa shape index (κ3) is 3.77. The molecule has 0 amide bonds. The van der Waals surface area contributed by atoms with Gasteiger partial charge in [0.2, 0.25) is 0 Å². The van der Waals surface area contributed by atoms with Gasteiger partial charge in [-0.25, -0.2) is 4.98 Å². The molecule has 1 N–H and O–H groups in total. The molecule has 2 unspecified atom stereocenters. The molecule has 0 spiro atoms. The molecule has 1 aliphatic rings. The molecule has 0 aromatic carbocycles. The number of nitrogens with zero attached hydrogens (tertiary/aromatic N) is 2. The fourth-order valence-corrected chi connectivity index (χ4v) is 3.99. The van der Waals surface area contributed by atoms with Crippen molar-refractivity contribution in [3.63, 3.8) is 0 Å². The van der Waals surface area contributed by atoms with Crippen LogP contribution in [0.15, 0.2) is 0 Å². The van der Waals surface area contributed by atoms with E-state index < -0.39 is 0 Å². The van der Waals surface area contributed by atoms with Crippen molar-refractivity contribution in [2.75, 3.05) is 19.6 Å². The third-order valence-electron chi connectivity index (χ3n) is 4.00. The maximum Gasteiger partial charge on any atom is 0.0900 e. The lowest BCUT2D eigenvalue weighted by Crippen LogP contribution is -2.46. The molecule has 108 valence electrons. The van der Waals surface area contributed by atoms with Crippen molar-refractivity contribution in [3.05, 3.63) is 15.6 Å². The molecule has 1 aromatic rings. The first-order chi connectivity index (χ1) is 9.11. The zero-order valence-electron chi connectivity index (χ0n) is 12.7. The quantitative estimate of drug-likeness (QED) is 0.897. The second-order valence-corrected chi connectivity index (χ2v) is 6.88. The van der Waals surface area contributed by atoms with Crippen molar-refractivity contribution in [1.29, 1.82) is 0 Å². The average molecular weight is 281 g/mol. The van der Waals surface area contributed by atoms with Gasteiger partial charge in [0, 0.05) is 23.5 Å². The van der Waals surface area contributed by atoms with Crippen molar-refractivity contribution in [2.45, 2.75) is 59.0 Å². The van der Waals surface area contributed by atoms with Gasteiger partial charge in [0.1, 0.15) is 0 Å². The molecule has 0 bridgehead atoms. The van der Waals surface area contributed by atoms with Crippen LogP contribution < -0.4 is 5.32 Å². The van der Waals surface area contributed by atoms with Gasteiger partial charge < -0.3 is 5.32 Å². The molecular weight excluding hydrogens is 254 g/mol. The Balaban J connectivity index is 1.98. The minimum absolute atomic E-state index is 0.512. The Morgan fingerprint density at radius 3 is 2.89 bits per heavy atom. The summed E-state index contributed by atoms with van der Waals surface area (Å²) in [5.41, 5.74) is 1.22.